The van der Waals surface area contributed by atoms with Crippen molar-refractivity contribution >= 4 is 23.2 Å². The lowest BCUT2D eigenvalue weighted by Crippen LogP contribution is -2.57. The molecule has 1 fully saturated rings. The Kier molecular flexibility index (Phi) is 4.94. The van der Waals surface area contributed by atoms with Gasteiger partial charge in [-0.2, -0.15) is 18.3 Å². The summed E-state index contributed by atoms with van der Waals surface area (Å²) in [6.45, 7) is 1.31. The van der Waals surface area contributed by atoms with E-state index in [1.54, 1.807) is 17.1 Å². The van der Waals surface area contributed by atoms with Crippen LogP contribution in [0.5, 0.6) is 0 Å². The molecular formula is C22H20ClF3N8O. The lowest BCUT2D eigenvalue weighted by molar-refractivity contribution is -0.135. The molecule has 6 heterocycles. The highest BCUT2D eigenvalue weighted by atomic mass is 35.5. The Labute approximate surface area is 202 Å². The lowest BCUT2D eigenvalue weighted by atomic mass is 9.94. The van der Waals surface area contributed by atoms with Crippen LogP contribution in [-0.4, -0.2) is 53.5 Å². The topological polar surface area (TPSA) is 87.6 Å². The number of aryl methyl sites for hydroxylation is 2. The molecular weight excluding hydrogens is 485 g/mol. The van der Waals surface area contributed by atoms with Gasteiger partial charge in [-0.15, -0.1) is 10.2 Å². The molecule has 0 aliphatic carbocycles. The number of halogens is 4. The van der Waals surface area contributed by atoms with E-state index in [0.29, 0.717) is 42.2 Å². The number of anilines is 2. The third-order valence-electron chi connectivity index (χ3n) is 6.41. The Morgan fingerprint density at radius 1 is 1.23 bits per heavy atom. The van der Waals surface area contributed by atoms with Gasteiger partial charge in [-0.25, -0.2) is 4.98 Å². The molecule has 1 N–H and O–H groups in total. The number of alkyl halides is 3. The van der Waals surface area contributed by atoms with Gasteiger partial charge in [-0.05, 0) is 12.1 Å². The lowest BCUT2D eigenvalue weighted by Gasteiger charge is -2.46. The minimum Gasteiger partial charge on any atom is -0.376 e. The molecule has 0 atom stereocenters. The number of ether oxygens (including phenoxy) is 1. The fourth-order valence-corrected chi connectivity index (χ4v) is 4.89. The second-order valence-electron chi connectivity index (χ2n) is 8.86. The van der Waals surface area contributed by atoms with Gasteiger partial charge in [0.15, 0.2) is 5.82 Å². The summed E-state index contributed by atoms with van der Waals surface area (Å²) < 4.78 is 49.7. The van der Waals surface area contributed by atoms with Crippen LogP contribution in [0.3, 0.4) is 0 Å². The molecule has 1 saturated heterocycles. The normalized spacial score (nSPS) is 16.1. The third-order valence-corrected chi connectivity index (χ3v) is 6.71. The maximum Gasteiger partial charge on any atom is 0.389 e. The molecule has 0 bridgehead atoms. The number of nitrogens with one attached hydrogen (secondary N) is 1. The molecule has 1 spiro atoms. The largest absolute Gasteiger partial charge is 0.389 e. The molecule has 4 aromatic rings. The van der Waals surface area contributed by atoms with E-state index >= 15 is 0 Å². The molecule has 0 aromatic carbocycles. The summed E-state index contributed by atoms with van der Waals surface area (Å²) in [6.07, 6.45) is -0.223. The molecule has 9 nitrogen and oxygen atoms in total. The van der Waals surface area contributed by atoms with Gasteiger partial charge in [0.05, 0.1) is 43.1 Å². The number of pyridine rings is 1. The number of rotatable bonds is 5. The van der Waals surface area contributed by atoms with Crippen molar-refractivity contribution in [3.63, 3.8) is 0 Å². The Hall–Kier alpha value is -3.38. The van der Waals surface area contributed by atoms with Gasteiger partial charge in [0.1, 0.15) is 23.0 Å². The first-order valence-electron chi connectivity index (χ1n) is 10.9. The minimum absolute atomic E-state index is 0.231. The van der Waals surface area contributed by atoms with Crippen molar-refractivity contribution in [3.05, 3.63) is 47.6 Å². The third kappa shape index (κ3) is 3.76. The summed E-state index contributed by atoms with van der Waals surface area (Å²) >= 11 is 6.51. The number of nitrogens with zero attached hydrogens (tertiary/aromatic N) is 7. The van der Waals surface area contributed by atoms with Gasteiger partial charge in [0.2, 0.25) is 0 Å². The van der Waals surface area contributed by atoms with E-state index in [-0.39, 0.29) is 6.42 Å². The Morgan fingerprint density at radius 3 is 2.74 bits per heavy atom. The van der Waals surface area contributed by atoms with E-state index in [0.717, 1.165) is 22.6 Å². The van der Waals surface area contributed by atoms with E-state index < -0.39 is 18.1 Å². The second-order valence-corrected chi connectivity index (χ2v) is 9.27. The first-order chi connectivity index (χ1) is 16.7. The predicted molar refractivity (Wildman–Crippen MR) is 121 cm³/mol. The molecule has 13 heteroatoms. The van der Waals surface area contributed by atoms with Gasteiger partial charge in [0.25, 0.3) is 0 Å². The van der Waals surface area contributed by atoms with Crippen molar-refractivity contribution in [2.75, 3.05) is 18.5 Å². The van der Waals surface area contributed by atoms with E-state index in [1.165, 1.54) is 0 Å². The van der Waals surface area contributed by atoms with Crippen LogP contribution in [-0.2, 0) is 30.3 Å². The Bertz CT molecular complexity index is 1420. The standard InChI is InChI=1S/C22H20ClF3N8O/c1-32-18(3-5-28-32)29-17-7-14(15(23)8-27-17)13-6-16-20-31-30-19(2-4-22(24,25)26)34(20)21(11-35-12-21)10-33(16)9-13/h3,5-9H,2,4,10-12H2,1H3,(H,27,29). The van der Waals surface area contributed by atoms with E-state index in [2.05, 4.69) is 25.6 Å². The zero-order valence-electron chi connectivity index (χ0n) is 18.6. The van der Waals surface area contributed by atoms with Gasteiger partial charge in [0, 0.05) is 43.1 Å². The van der Waals surface area contributed by atoms with Gasteiger partial charge < -0.3 is 14.6 Å². The fourth-order valence-electron chi connectivity index (χ4n) is 4.67. The maximum absolute atomic E-state index is 12.9. The van der Waals surface area contributed by atoms with E-state index in [4.69, 9.17) is 16.3 Å². The van der Waals surface area contributed by atoms with Crippen LogP contribution in [0.4, 0.5) is 24.8 Å². The van der Waals surface area contributed by atoms with Crippen molar-refractivity contribution in [2.24, 2.45) is 7.05 Å². The first kappa shape index (κ1) is 22.1. The van der Waals surface area contributed by atoms with Crippen molar-refractivity contribution in [1.29, 1.82) is 0 Å². The predicted octanol–water partition coefficient (Wildman–Crippen LogP) is 4.17. The van der Waals surface area contributed by atoms with Gasteiger partial charge in [-0.3, -0.25) is 9.25 Å². The zero-order valence-corrected chi connectivity index (χ0v) is 19.3. The highest BCUT2D eigenvalue weighted by Gasteiger charge is 2.48. The number of hydrogen-bond donors (Lipinski definition) is 1. The SMILES string of the molecule is Cn1nccc1Nc1cc(-c2cc3n(c2)CC2(COC2)n2c(CCC(F)(F)F)nnc2-3)c(Cl)cn1. The fraction of sp³-hybridized carbons (Fsp3) is 0.364. The molecule has 0 saturated carbocycles. The summed E-state index contributed by atoms with van der Waals surface area (Å²) in [5.74, 6) is 2.22. The van der Waals surface area contributed by atoms with Gasteiger partial charge in [-0.1, -0.05) is 11.6 Å². The zero-order chi connectivity index (χ0) is 24.4. The monoisotopic (exact) mass is 504 g/mol. The Balaban J connectivity index is 1.38. The number of hydrogen-bond acceptors (Lipinski definition) is 6. The number of aromatic nitrogens is 7. The van der Waals surface area contributed by atoms with Crippen molar-refractivity contribution in [1.82, 2.24) is 34.1 Å². The second kappa shape index (κ2) is 7.82. The molecule has 2 aliphatic rings. The van der Waals surface area contributed by atoms with Gasteiger partial charge >= 0.3 is 6.18 Å². The molecule has 4 aromatic heterocycles. The summed E-state index contributed by atoms with van der Waals surface area (Å²) in [5, 5.41) is 16.2. The Morgan fingerprint density at radius 2 is 2.06 bits per heavy atom. The summed E-state index contributed by atoms with van der Waals surface area (Å²) in [4.78, 5) is 4.36. The van der Waals surface area contributed by atoms with Crippen molar-refractivity contribution in [3.8, 4) is 22.6 Å². The number of fused-ring (bicyclic) bond motifs is 4. The quantitative estimate of drug-likeness (QED) is 0.439. The molecule has 0 radical (unpaired) electrons. The molecule has 6 rings (SSSR count). The van der Waals surface area contributed by atoms with Crippen LogP contribution in [0.15, 0.2) is 36.8 Å². The summed E-state index contributed by atoms with van der Waals surface area (Å²) in [5.41, 5.74) is 1.86. The molecule has 2 aliphatic heterocycles. The van der Waals surface area contributed by atoms with Crippen LogP contribution in [0.2, 0.25) is 5.02 Å². The highest BCUT2D eigenvalue weighted by Crippen LogP contribution is 2.42. The molecule has 182 valence electrons. The van der Waals surface area contributed by atoms with Crippen LogP contribution < -0.4 is 5.32 Å². The molecule has 0 amide bonds. The average Bonchev–Trinajstić information content (AvgIpc) is 3.49. The van der Waals surface area contributed by atoms with Crippen molar-refractivity contribution in [2.45, 2.75) is 31.1 Å². The summed E-state index contributed by atoms with van der Waals surface area (Å²) in [6, 6.07) is 5.60. The van der Waals surface area contributed by atoms with Crippen LogP contribution in [0.1, 0.15) is 12.2 Å². The molecule has 0 unspecified atom stereocenters. The highest BCUT2D eigenvalue weighted by molar-refractivity contribution is 6.33. The van der Waals surface area contributed by atoms with Crippen LogP contribution >= 0.6 is 11.6 Å². The molecule has 35 heavy (non-hydrogen) atoms. The van der Waals surface area contributed by atoms with Crippen molar-refractivity contribution < 1.29 is 17.9 Å². The smallest absolute Gasteiger partial charge is 0.376 e. The van der Waals surface area contributed by atoms with E-state index in [1.807, 2.05) is 40.6 Å². The average molecular weight is 505 g/mol. The van der Waals surface area contributed by atoms with Crippen LogP contribution in [0.25, 0.3) is 22.6 Å². The maximum atomic E-state index is 12.9. The van der Waals surface area contributed by atoms with Crippen LogP contribution in [0, 0.1) is 0 Å². The minimum atomic E-state index is -4.27. The first-order valence-corrected chi connectivity index (χ1v) is 11.3. The van der Waals surface area contributed by atoms with E-state index in [9.17, 15) is 13.2 Å². The summed E-state index contributed by atoms with van der Waals surface area (Å²) in [7, 11) is 1.82.